The van der Waals surface area contributed by atoms with Gasteiger partial charge in [-0.1, -0.05) is 49.1 Å². The Morgan fingerprint density at radius 3 is 2.63 bits per heavy atom. The molecule has 1 fully saturated rings. The SMILES string of the molecule is O=c1nc2n(c3cccc(Cl)c13)-c1cc(B(O)O)ccc1C21CCCCC1. The molecule has 1 saturated carbocycles. The molecule has 0 saturated heterocycles. The second-order valence-electron chi connectivity index (χ2n) is 7.50. The number of nitrogens with zero attached hydrogens (tertiary/aromatic N) is 2. The van der Waals surface area contributed by atoms with Crippen LogP contribution in [-0.2, 0) is 5.41 Å². The first-order valence-electron chi connectivity index (χ1n) is 9.26. The Morgan fingerprint density at radius 2 is 1.89 bits per heavy atom. The number of benzene rings is 2. The van der Waals surface area contributed by atoms with E-state index in [1.165, 1.54) is 6.42 Å². The van der Waals surface area contributed by atoms with Crippen molar-refractivity contribution in [2.24, 2.45) is 0 Å². The third-order valence-electron chi connectivity index (χ3n) is 6.08. The molecule has 0 amide bonds. The number of rotatable bonds is 1. The van der Waals surface area contributed by atoms with E-state index in [9.17, 15) is 14.8 Å². The van der Waals surface area contributed by atoms with Crippen molar-refractivity contribution < 1.29 is 10.0 Å². The zero-order valence-corrected chi connectivity index (χ0v) is 15.4. The van der Waals surface area contributed by atoms with Gasteiger partial charge in [-0.3, -0.25) is 9.36 Å². The van der Waals surface area contributed by atoms with Crippen LogP contribution in [0.3, 0.4) is 0 Å². The van der Waals surface area contributed by atoms with Gasteiger partial charge in [0.15, 0.2) is 0 Å². The van der Waals surface area contributed by atoms with Crippen LogP contribution < -0.4 is 11.0 Å². The van der Waals surface area contributed by atoms with Crippen LogP contribution in [0.15, 0.2) is 41.2 Å². The Labute approximate surface area is 161 Å². The third-order valence-corrected chi connectivity index (χ3v) is 6.39. The van der Waals surface area contributed by atoms with E-state index in [4.69, 9.17) is 11.6 Å². The van der Waals surface area contributed by atoms with Crippen LogP contribution in [0.4, 0.5) is 0 Å². The van der Waals surface area contributed by atoms with Gasteiger partial charge in [0.1, 0.15) is 5.82 Å². The van der Waals surface area contributed by atoms with Crippen molar-refractivity contribution in [3.05, 3.63) is 63.2 Å². The lowest BCUT2D eigenvalue weighted by Gasteiger charge is -2.33. The van der Waals surface area contributed by atoms with E-state index in [1.54, 1.807) is 18.2 Å². The minimum absolute atomic E-state index is 0.303. The van der Waals surface area contributed by atoms with E-state index in [0.717, 1.165) is 42.8 Å². The molecular weight excluding hydrogens is 362 g/mol. The van der Waals surface area contributed by atoms with Crippen molar-refractivity contribution in [2.75, 3.05) is 0 Å². The van der Waals surface area contributed by atoms with Crippen LogP contribution in [0, 0.1) is 0 Å². The number of hydrogen-bond donors (Lipinski definition) is 2. The highest BCUT2D eigenvalue weighted by Crippen LogP contribution is 2.51. The second-order valence-corrected chi connectivity index (χ2v) is 7.91. The molecule has 0 unspecified atom stereocenters. The highest BCUT2D eigenvalue weighted by Gasteiger charge is 2.46. The molecule has 0 atom stereocenters. The molecule has 0 bridgehead atoms. The van der Waals surface area contributed by atoms with Gasteiger partial charge >= 0.3 is 7.12 Å². The number of hydrogen-bond acceptors (Lipinski definition) is 4. The van der Waals surface area contributed by atoms with Crippen LogP contribution in [0.1, 0.15) is 43.5 Å². The van der Waals surface area contributed by atoms with Gasteiger partial charge in [0.25, 0.3) is 5.56 Å². The van der Waals surface area contributed by atoms with Crippen molar-refractivity contribution in [1.29, 1.82) is 0 Å². The Bertz CT molecular complexity index is 1140. The molecule has 1 aromatic heterocycles. The lowest BCUT2D eigenvalue weighted by atomic mass is 9.69. The molecule has 5 rings (SSSR count). The Morgan fingerprint density at radius 1 is 1.11 bits per heavy atom. The molecule has 2 N–H and O–H groups in total. The van der Waals surface area contributed by atoms with Crippen molar-refractivity contribution in [3.63, 3.8) is 0 Å². The molecule has 2 heterocycles. The zero-order chi connectivity index (χ0) is 18.8. The maximum Gasteiger partial charge on any atom is 0.488 e. The van der Waals surface area contributed by atoms with E-state index >= 15 is 0 Å². The van der Waals surface area contributed by atoms with Gasteiger partial charge in [0.05, 0.1) is 27.0 Å². The monoisotopic (exact) mass is 380 g/mol. The van der Waals surface area contributed by atoms with Crippen LogP contribution in [-0.4, -0.2) is 26.7 Å². The summed E-state index contributed by atoms with van der Waals surface area (Å²) in [5, 5.41) is 20.1. The van der Waals surface area contributed by atoms with Crippen LogP contribution in [0.25, 0.3) is 16.6 Å². The third kappa shape index (κ3) is 2.27. The van der Waals surface area contributed by atoms with Gasteiger partial charge in [-0.05, 0) is 42.1 Å². The Hall–Kier alpha value is -2.15. The first kappa shape index (κ1) is 17.0. The van der Waals surface area contributed by atoms with E-state index in [2.05, 4.69) is 4.98 Å². The van der Waals surface area contributed by atoms with Crippen LogP contribution >= 0.6 is 11.6 Å². The maximum absolute atomic E-state index is 12.8. The van der Waals surface area contributed by atoms with Gasteiger partial charge in [-0.25, -0.2) is 0 Å². The fourth-order valence-electron chi connectivity index (χ4n) is 4.86. The normalized spacial score (nSPS) is 17.1. The summed E-state index contributed by atoms with van der Waals surface area (Å²) in [5.74, 6) is 0.751. The van der Waals surface area contributed by atoms with Crippen LogP contribution in [0.2, 0.25) is 5.02 Å². The van der Waals surface area contributed by atoms with E-state index in [1.807, 2.05) is 22.8 Å². The lowest BCUT2D eigenvalue weighted by Crippen LogP contribution is -2.33. The molecule has 2 aliphatic rings. The number of halogens is 1. The minimum Gasteiger partial charge on any atom is -0.423 e. The van der Waals surface area contributed by atoms with Crippen molar-refractivity contribution >= 4 is 35.1 Å². The van der Waals surface area contributed by atoms with Crippen LogP contribution in [0.5, 0.6) is 0 Å². The highest BCUT2D eigenvalue weighted by atomic mass is 35.5. The maximum atomic E-state index is 12.8. The largest absolute Gasteiger partial charge is 0.488 e. The summed E-state index contributed by atoms with van der Waals surface area (Å²) < 4.78 is 2.00. The van der Waals surface area contributed by atoms with Gasteiger partial charge in [-0.15, -0.1) is 0 Å². The molecule has 5 nitrogen and oxygen atoms in total. The molecule has 27 heavy (non-hydrogen) atoms. The standard InChI is InChI=1S/C20H18BClN2O3/c22-14-5-4-6-15-17(14)18(25)23-19-20(9-2-1-3-10-20)13-8-7-12(21(26)27)11-16(13)24(15)19/h4-8,11,26-27H,1-3,9-10H2. The predicted octanol–water partition coefficient (Wildman–Crippen LogP) is 2.28. The first-order chi connectivity index (χ1) is 13.0. The van der Waals surface area contributed by atoms with Crippen molar-refractivity contribution in [1.82, 2.24) is 9.55 Å². The Balaban J connectivity index is 1.94. The second kappa shape index (κ2) is 5.93. The molecule has 136 valence electrons. The zero-order valence-electron chi connectivity index (χ0n) is 14.7. The Kier molecular flexibility index (Phi) is 3.73. The number of fused-ring (bicyclic) bond motifs is 7. The summed E-state index contributed by atoms with van der Waals surface area (Å²) in [6, 6.07) is 10.9. The molecule has 2 aromatic carbocycles. The average molecular weight is 381 g/mol. The molecule has 3 aromatic rings. The minimum atomic E-state index is -1.55. The summed E-state index contributed by atoms with van der Waals surface area (Å²) in [4.78, 5) is 17.3. The summed E-state index contributed by atoms with van der Waals surface area (Å²) in [6.07, 6.45) is 5.19. The first-order valence-corrected chi connectivity index (χ1v) is 9.63. The van der Waals surface area contributed by atoms with E-state index in [0.29, 0.717) is 21.4 Å². The van der Waals surface area contributed by atoms with Crippen molar-refractivity contribution in [2.45, 2.75) is 37.5 Å². The van der Waals surface area contributed by atoms with Gasteiger partial charge in [0, 0.05) is 0 Å². The summed E-state index contributed by atoms with van der Waals surface area (Å²) in [7, 11) is -1.55. The number of aromatic nitrogens is 2. The fraction of sp³-hybridized carbons (Fsp3) is 0.300. The molecule has 1 spiro atoms. The summed E-state index contributed by atoms with van der Waals surface area (Å²) >= 11 is 6.32. The van der Waals surface area contributed by atoms with E-state index in [-0.39, 0.29) is 11.0 Å². The molecule has 1 aliphatic carbocycles. The summed E-state index contributed by atoms with van der Waals surface area (Å²) in [6.45, 7) is 0. The van der Waals surface area contributed by atoms with Gasteiger partial charge < -0.3 is 10.0 Å². The van der Waals surface area contributed by atoms with Gasteiger partial charge in [0.2, 0.25) is 0 Å². The molecule has 0 radical (unpaired) electrons. The fourth-order valence-corrected chi connectivity index (χ4v) is 5.11. The average Bonchev–Trinajstić information content (AvgIpc) is 2.92. The van der Waals surface area contributed by atoms with Gasteiger partial charge in [-0.2, -0.15) is 4.98 Å². The smallest absolute Gasteiger partial charge is 0.423 e. The molecule has 1 aliphatic heterocycles. The summed E-state index contributed by atoms with van der Waals surface area (Å²) in [5.41, 5.74) is 2.49. The highest BCUT2D eigenvalue weighted by molar-refractivity contribution is 6.58. The van der Waals surface area contributed by atoms with E-state index < -0.39 is 7.12 Å². The van der Waals surface area contributed by atoms with Crippen molar-refractivity contribution in [3.8, 4) is 5.69 Å². The molecular formula is C20H18BClN2O3. The lowest BCUT2D eigenvalue weighted by molar-refractivity contribution is 0.339. The topological polar surface area (TPSA) is 75.4 Å². The quantitative estimate of drug-likeness (QED) is 0.635. The predicted molar refractivity (Wildman–Crippen MR) is 106 cm³/mol. The molecule has 7 heteroatoms.